The van der Waals surface area contributed by atoms with Crippen LogP contribution in [0.4, 0.5) is 4.79 Å². The second kappa shape index (κ2) is 7.36. The number of urea groups is 1. The van der Waals surface area contributed by atoms with E-state index in [0.717, 1.165) is 28.1 Å². The first-order chi connectivity index (χ1) is 13.2. The monoisotopic (exact) mass is 380 g/mol. The maximum absolute atomic E-state index is 12.7. The lowest BCUT2D eigenvalue weighted by atomic mass is 9.94. The van der Waals surface area contributed by atoms with Crippen LogP contribution in [0.1, 0.15) is 37.8 Å². The molecule has 1 N–H and O–H groups in total. The van der Waals surface area contributed by atoms with Gasteiger partial charge in [-0.25, -0.2) is 4.79 Å². The zero-order valence-corrected chi connectivity index (χ0v) is 16.0. The van der Waals surface area contributed by atoms with Gasteiger partial charge in [-0.3, -0.25) is 4.90 Å². The van der Waals surface area contributed by atoms with E-state index in [-0.39, 0.29) is 12.1 Å². The number of benzene rings is 1. The molecular weight excluding hydrogens is 360 g/mol. The average Bonchev–Trinajstić information content (AvgIpc) is 3.37. The lowest BCUT2D eigenvalue weighted by Crippen LogP contribution is -2.46. The standard InChI is InChI=1S/C20H20N4O2S/c1-3-11-24-13(2)16(17(21-20(24)25)14-8-5-4-6-9-14)19-22-18(23-26-19)15-10-7-12-27-15/h4-10,12,17H,3,11H2,1-2H3,(H,21,25). The SMILES string of the molecule is CCCN1C(=O)NC(c2ccccc2)C(c2nc(-c3cccs3)no2)=C1C. The van der Waals surface area contributed by atoms with Crippen LogP contribution in [0.25, 0.3) is 16.3 Å². The molecular formula is C20H20N4O2S. The number of allylic oxidation sites excluding steroid dienone is 1. The molecule has 27 heavy (non-hydrogen) atoms. The van der Waals surface area contributed by atoms with Crippen molar-refractivity contribution in [2.24, 2.45) is 0 Å². The fourth-order valence-electron chi connectivity index (χ4n) is 3.29. The molecule has 138 valence electrons. The van der Waals surface area contributed by atoms with Crippen molar-refractivity contribution in [3.63, 3.8) is 0 Å². The molecule has 2 amide bonds. The highest BCUT2D eigenvalue weighted by Gasteiger charge is 2.35. The van der Waals surface area contributed by atoms with Crippen LogP contribution in [-0.4, -0.2) is 27.6 Å². The number of rotatable bonds is 5. The van der Waals surface area contributed by atoms with Crippen molar-refractivity contribution in [3.8, 4) is 10.7 Å². The van der Waals surface area contributed by atoms with Crippen molar-refractivity contribution in [2.75, 3.05) is 6.54 Å². The average molecular weight is 380 g/mol. The zero-order chi connectivity index (χ0) is 18.8. The number of aromatic nitrogens is 2. The van der Waals surface area contributed by atoms with E-state index in [1.165, 1.54) is 0 Å². The van der Waals surface area contributed by atoms with Crippen LogP contribution in [0.5, 0.6) is 0 Å². The number of amides is 2. The third-order valence-corrected chi connectivity index (χ3v) is 5.44. The van der Waals surface area contributed by atoms with E-state index >= 15 is 0 Å². The smallest absolute Gasteiger partial charge is 0.322 e. The van der Waals surface area contributed by atoms with Gasteiger partial charge in [-0.2, -0.15) is 4.98 Å². The molecule has 0 radical (unpaired) electrons. The van der Waals surface area contributed by atoms with Gasteiger partial charge in [-0.1, -0.05) is 48.5 Å². The van der Waals surface area contributed by atoms with Gasteiger partial charge in [-0.15, -0.1) is 11.3 Å². The largest absolute Gasteiger partial charge is 0.334 e. The van der Waals surface area contributed by atoms with Crippen LogP contribution < -0.4 is 5.32 Å². The van der Waals surface area contributed by atoms with Gasteiger partial charge in [0.25, 0.3) is 5.89 Å². The van der Waals surface area contributed by atoms with Crippen LogP contribution in [0.2, 0.25) is 0 Å². The molecule has 2 aromatic heterocycles. The van der Waals surface area contributed by atoms with Crippen molar-refractivity contribution < 1.29 is 9.32 Å². The van der Waals surface area contributed by atoms with Crippen molar-refractivity contribution >= 4 is 22.9 Å². The Kier molecular flexibility index (Phi) is 4.77. The molecule has 1 aliphatic heterocycles. The molecule has 4 rings (SSSR count). The number of carbonyl (C=O) groups excluding carboxylic acids is 1. The predicted octanol–water partition coefficient (Wildman–Crippen LogP) is 4.71. The molecule has 6 nitrogen and oxygen atoms in total. The number of carbonyl (C=O) groups is 1. The first-order valence-electron chi connectivity index (χ1n) is 8.90. The molecule has 0 saturated heterocycles. The molecule has 0 fully saturated rings. The number of hydrogen-bond acceptors (Lipinski definition) is 5. The third kappa shape index (κ3) is 3.26. The molecule has 7 heteroatoms. The quantitative estimate of drug-likeness (QED) is 0.696. The number of hydrogen-bond donors (Lipinski definition) is 1. The van der Waals surface area contributed by atoms with Crippen molar-refractivity contribution in [3.05, 3.63) is 65.0 Å². The van der Waals surface area contributed by atoms with Gasteiger partial charge in [0.1, 0.15) is 0 Å². The zero-order valence-electron chi connectivity index (χ0n) is 15.2. The second-order valence-corrected chi connectivity index (χ2v) is 7.29. The first-order valence-corrected chi connectivity index (χ1v) is 9.78. The Morgan fingerprint density at radius 2 is 2.04 bits per heavy atom. The maximum atomic E-state index is 12.7. The summed E-state index contributed by atoms with van der Waals surface area (Å²) in [6.45, 7) is 4.62. The molecule has 0 spiro atoms. The van der Waals surface area contributed by atoms with Crippen LogP contribution in [0.3, 0.4) is 0 Å². The molecule has 0 bridgehead atoms. The molecule has 1 aromatic carbocycles. The van der Waals surface area contributed by atoms with Crippen LogP contribution in [0.15, 0.2) is 58.1 Å². The topological polar surface area (TPSA) is 71.3 Å². The molecule has 1 aliphatic rings. The minimum absolute atomic E-state index is 0.107. The predicted molar refractivity (Wildman–Crippen MR) is 105 cm³/mol. The Hall–Kier alpha value is -2.93. The highest BCUT2D eigenvalue weighted by atomic mass is 32.1. The fourth-order valence-corrected chi connectivity index (χ4v) is 3.93. The molecule has 1 unspecified atom stereocenters. The molecule has 3 heterocycles. The lowest BCUT2D eigenvalue weighted by molar-refractivity contribution is 0.205. The van der Waals surface area contributed by atoms with Crippen molar-refractivity contribution in [1.29, 1.82) is 0 Å². The highest BCUT2D eigenvalue weighted by molar-refractivity contribution is 7.13. The Balaban J connectivity index is 1.82. The molecule has 0 aliphatic carbocycles. The minimum atomic E-state index is -0.330. The Labute approximate surface area is 161 Å². The first kappa shape index (κ1) is 17.5. The second-order valence-electron chi connectivity index (χ2n) is 6.34. The minimum Gasteiger partial charge on any atom is -0.334 e. The summed E-state index contributed by atoms with van der Waals surface area (Å²) < 4.78 is 5.62. The summed E-state index contributed by atoms with van der Waals surface area (Å²) in [4.78, 5) is 20.0. The van der Waals surface area contributed by atoms with E-state index in [9.17, 15) is 4.79 Å². The number of nitrogens with one attached hydrogen (secondary N) is 1. The summed E-state index contributed by atoms with van der Waals surface area (Å²) >= 11 is 1.56. The summed E-state index contributed by atoms with van der Waals surface area (Å²) in [6, 6.07) is 13.3. The molecule has 1 atom stereocenters. The Morgan fingerprint density at radius 3 is 2.74 bits per heavy atom. The maximum Gasteiger partial charge on any atom is 0.322 e. The van der Waals surface area contributed by atoms with E-state index in [1.54, 1.807) is 16.2 Å². The van der Waals surface area contributed by atoms with Crippen molar-refractivity contribution in [2.45, 2.75) is 26.3 Å². The van der Waals surface area contributed by atoms with Gasteiger partial charge in [0.05, 0.1) is 16.5 Å². The van der Waals surface area contributed by atoms with E-state index in [0.29, 0.717) is 18.3 Å². The molecule has 3 aromatic rings. The Morgan fingerprint density at radius 1 is 1.22 bits per heavy atom. The summed E-state index contributed by atoms with van der Waals surface area (Å²) in [5.41, 5.74) is 2.66. The van der Waals surface area contributed by atoms with E-state index < -0.39 is 0 Å². The van der Waals surface area contributed by atoms with E-state index in [4.69, 9.17) is 4.52 Å². The normalized spacial score (nSPS) is 17.3. The van der Waals surface area contributed by atoms with Crippen LogP contribution >= 0.6 is 11.3 Å². The number of nitrogens with zero attached hydrogens (tertiary/aromatic N) is 3. The van der Waals surface area contributed by atoms with Gasteiger partial charge >= 0.3 is 6.03 Å². The summed E-state index contributed by atoms with van der Waals surface area (Å²) in [6.07, 6.45) is 0.859. The van der Waals surface area contributed by atoms with Gasteiger partial charge in [-0.05, 0) is 30.4 Å². The van der Waals surface area contributed by atoms with Gasteiger partial charge in [0.2, 0.25) is 5.82 Å². The summed E-state index contributed by atoms with van der Waals surface area (Å²) in [5, 5.41) is 9.22. The van der Waals surface area contributed by atoms with Crippen LogP contribution in [-0.2, 0) is 0 Å². The Bertz CT molecular complexity index is 963. The highest BCUT2D eigenvalue weighted by Crippen LogP contribution is 2.37. The van der Waals surface area contributed by atoms with Crippen LogP contribution in [0, 0.1) is 0 Å². The third-order valence-electron chi connectivity index (χ3n) is 4.57. The van der Waals surface area contributed by atoms with E-state index in [2.05, 4.69) is 15.5 Å². The summed E-state index contributed by atoms with van der Waals surface area (Å²) in [7, 11) is 0. The van der Waals surface area contributed by atoms with Gasteiger partial charge < -0.3 is 9.84 Å². The van der Waals surface area contributed by atoms with Crippen molar-refractivity contribution in [1.82, 2.24) is 20.4 Å². The number of thiophene rings is 1. The lowest BCUT2D eigenvalue weighted by Gasteiger charge is -2.35. The van der Waals surface area contributed by atoms with Gasteiger partial charge in [0, 0.05) is 12.2 Å². The summed E-state index contributed by atoms with van der Waals surface area (Å²) in [5.74, 6) is 0.997. The van der Waals surface area contributed by atoms with Gasteiger partial charge in [0.15, 0.2) is 0 Å². The van der Waals surface area contributed by atoms with E-state index in [1.807, 2.05) is 61.7 Å². The molecule has 0 saturated carbocycles. The fraction of sp³-hybridized carbons (Fsp3) is 0.250.